The van der Waals surface area contributed by atoms with Crippen molar-refractivity contribution in [1.82, 2.24) is 14.3 Å². The number of pyridine rings is 1. The van der Waals surface area contributed by atoms with Gasteiger partial charge >= 0.3 is 0 Å². The summed E-state index contributed by atoms with van der Waals surface area (Å²) in [7, 11) is 0. The van der Waals surface area contributed by atoms with Crippen molar-refractivity contribution in [3.63, 3.8) is 0 Å². The van der Waals surface area contributed by atoms with E-state index >= 15 is 0 Å². The molecule has 25 heavy (non-hydrogen) atoms. The number of morpholine rings is 1. The van der Waals surface area contributed by atoms with Gasteiger partial charge in [-0.3, -0.25) is 4.90 Å². The number of rotatable bonds is 3. The lowest BCUT2D eigenvalue weighted by atomic mass is 9.90. The van der Waals surface area contributed by atoms with Crippen molar-refractivity contribution >= 4 is 11.2 Å². The van der Waals surface area contributed by atoms with Crippen LogP contribution in [0.25, 0.3) is 11.2 Å². The van der Waals surface area contributed by atoms with E-state index in [0.29, 0.717) is 12.1 Å². The van der Waals surface area contributed by atoms with Gasteiger partial charge in [0.1, 0.15) is 5.65 Å². The normalized spacial score (nSPS) is 23.6. The third-order valence-electron chi connectivity index (χ3n) is 5.31. The van der Waals surface area contributed by atoms with E-state index in [-0.39, 0.29) is 0 Å². The van der Waals surface area contributed by atoms with E-state index in [1.807, 2.05) is 12.4 Å². The molecule has 4 heterocycles. The van der Waals surface area contributed by atoms with Crippen LogP contribution in [0, 0.1) is 0 Å². The Morgan fingerprint density at radius 1 is 1.08 bits per heavy atom. The first-order valence-corrected chi connectivity index (χ1v) is 8.88. The van der Waals surface area contributed by atoms with Gasteiger partial charge in [0.25, 0.3) is 0 Å². The van der Waals surface area contributed by atoms with Crippen LogP contribution >= 0.6 is 0 Å². The maximum atomic E-state index is 5.85. The summed E-state index contributed by atoms with van der Waals surface area (Å²) in [5.74, 6) is 0. The topological polar surface area (TPSA) is 29.8 Å². The van der Waals surface area contributed by atoms with Crippen LogP contribution in [0.15, 0.2) is 67.1 Å². The van der Waals surface area contributed by atoms with Crippen molar-refractivity contribution in [2.24, 2.45) is 0 Å². The van der Waals surface area contributed by atoms with E-state index < -0.39 is 0 Å². The molecule has 1 aromatic carbocycles. The Hall–Kier alpha value is -2.43. The van der Waals surface area contributed by atoms with Crippen LogP contribution in [0.2, 0.25) is 0 Å². The molecule has 0 saturated carbocycles. The van der Waals surface area contributed by atoms with E-state index in [4.69, 9.17) is 4.74 Å². The molecule has 2 atom stereocenters. The maximum absolute atomic E-state index is 5.85. The molecule has 0 radical (unpaired) electrons. The van der Waals surface area contributed by atoms with Crippen molar-refractivity contribution < 1.29 is 4.74 Å². The molecule has 1 fully saturated rings. The number of fused-ring (bicyclic) bond motifs is 3. The lowest BCUT2D eigenvalue weighted by molar-refractivity contribution is -0.0402. The van der Waals surface area contributed by atoms with Gasteiger partial charge in [0.05, 0.1) is 19.3 Å². The fraction of sp³-hybridized carbons (Fsp3) is 0.286. The smallest absolute Gasteiger partial charge is 0.136 e. The SMILES string of the molecule is C1=C(c2ccc3nccn3c2)CC2COCC1N2Cc1ccccc1. The first-order chi connectivity index (χ1) is 12.4. The van der Waals surface area contributed by atoms with Crippen molar-refractivity contribution in [2.75, 3.05) is 13.2 Å². The van der Waals surface area contributed by atoms with Gasteiger partial charge in [0.2, 0.25) is 0 Å². The number of nitrogens with zero attached hydrogens (tertiary/aromatic N) is 3. The molecule has 0 amide bonds. The standard InChI is InChI=1S/C21H21N3O/c1-2-4-16(5-3-1)12-24-19-10-18(11-20(24)15-25-14-19)17-6-7-21-22-8-9-23(21)13-17/h1-10,13,19-20H,11-12,14-15H2. The number of hydrogen-bond donors (Lipinski definition) is 0. The van der Waals surface area contributed by atoms with Gasteiger partial charge in [-0.1, -0.05) is 36.4 Å². The second-order valence-corrected chi connectivity index (χ2v) is 6.92. The van der Waals surface area contributed by atoms with Gasteiger partial charge in [-0.05, 0) is 35.3 Å². The summed E-state index contributed by atoms with van der Waals surface area (Å²) in [5, 5.41) is 0. The number of benzene rings is 1. The van der Waals surface area contributed by atoms with Crippen LogP contribution < -0.4 is 0 Å². The van der Waals surface area contributed by atoms with Gasteiger partial charge in [0.15, 0.2) is 0 Å². The highest BCUT2D eigenvalue weighted by Crippen LogP contribution is 2.33. The summed E-state index contributed by atoms with van der Waals surface area (Å²) in [6.07, 6.45) is 9.48. The predicted molar refractivity (Wildman–Crippen MR) is 98.2 cm³/mol. The zero-order chi connectivity index (χ0) is 16.6. The summed E-state index contributed by atoms with van der Waals surface area (Å²) in [6, 6.07) is 15.8. The molecular weight excluding hydrogens is 310 g/mol. The van der Waals surface area contributed by atoms with Crippen LogP contribution in [0.5, 0.6) is 0 Å². The van der Waals surface area contributed by atoms with E-state index in [0.717, 1.165) is 31.8 Å². The molecule has 1 saturated heterocycles. The van der Waals surface area contributed by atoms with Gasteiger partial charge < -0.3 is 9.14 Å². The van der Waals surface area contributed by atoms with Gasteiger partial charge in [-0.25, -0.2) is 4.98 Å². The third kappa shape index (κ3) is 2.77. The van der Waals surface area contributed by atoms with Crippen molar-refractivity contribution in [3.05, 3.63) is 78.3 Å². The molecule has 4 heteroatoms. The van der Waals surface area contributed by atoms with E-state index in [1.54, 1.807) is 0 Å². The summed E-state index contributed by atoms with van der Waals surface area (Å²) in [6.45, 7) is 2.58. The van der Waals surface area contributed by atoms with Crippen LogP contribution in [0.3, 0.4) is 0 Å². The monoisotopic (exact) mass is 331 g/mol. The largest absolute Gasteiger partial charge is 0.378 e. The lowest BCUT2D eigenvalue weighted by Gasteiger charge is -2.44. The predicted octanol–water partition coefficient (Wildman–Crippen LogP) is 3.39. The highest BCUT2D eigenvalue weighted by molar-refractivity contribution is 5.68. The zero-order valence-electron chi connectivity index (χ0n) is 14.1. The van der Waals surface area contributed by atoms with E-state index in [2.05, 4.69) is 69.0 Å². The van der Waals surface area contributed by atoms with Crippen molar-refractivity contribution in [1.29, 1.82) is 0 Å². The molecule has 0 aliphatic carbocycles. The number of imidazole rings is 1. The Balaban J connectivity index is 1.45. The van der Waals surface area contributed by atoms with Gasteiger partial charge in [-0.15, -0.1) is 0 Å². The Morgan fingerprint density at radius 3 is 2.88 bits per heavy atom. The quantitative estimate of drug-likeness (QED) is 0.737. The third-order valence-corrected chi connectivity index (χ3v) is 5.31. The molecule has 0 N–H and O–H groups in total. The molecule has 126 valence electrons. The Kier molecular flexibility index (Phi) is 3.65. The second kappa shape index (κ2) is 6.14. The first-order valence-electron chi connectivity index (χ1n) is 8.88. The van der Waals surface area contributed by atoms with Crippen LogP contribution in [-0.2, 0) is 11.3 Å². The molecular formula is C21H21N3O. The minimum Gasteiger partial charge on any atom is -0.378 e. The summed E-state index contributed by atoms with van der Waals surface area (Å²) >= 11 is 0. The molecule has 2 aromatic heterocycles. The molecule has 2 bridgehead atoms. The second-order valence-electron chi connectivity index (χ2n) is 6.92. The van der Waals surface area contributed by atoms with Crippen LogP contribution in [0.1, 0.15) is 17.5 Å². The molecule has 4 nitrogen and oxygen atoms in total. The van der Waals surface area contributed by atoms with Crippen LogP contribution in [0.4, 0.5) is 0 Å². The zero-order valence-corrected chi connectivity index (χ0v) is 14.1. The van der Waals surface area contributed by atoms with Gasteiger partial charge in [-0.2, -0.15) is 0 Å². The minimum absolute atomic E-state index is 0.348. The maximum Gasteiger partial charge on any atom is 0.136 e. The summed E-state index contributed by atoms with van der Waals surface area (Å²) in [5.41, 5.74) is 5.09. The average molecular weight is 331 g/mol. The van der Waals surface area contributed by atoms with Crippen molar-refractivity contribution in [2.45, 2.75) is 25.0 Å². The Labute approximate surface area is 147 Å². The Morgan fingerprint density at radius 2 is 2.00 bits per heavy atom. The summed E-state index contributed by atoms with van der Waals surface area (Å²) in [4.78, 5) is 6.93. The molecule has 0 spiro atoms. The average Bonchev–Trinajstić information content (AvgIpc) is 3.10. The van der Waals surface area contributed by atoms with E-state index in [9.17, 15) is 0 Å². The number of aromatic nitrogens is 2. The molecule has 3 aromatic rings. The number of hydrogen-bond acceptors (Lipinski definition) is 3. The highest BCUT2D eigenvalue weighted by Gasteiger charge is 2.34. The van der Waals surface area contributed by atoms with Crippen molar-refractivity contribution in [3.8, 4) is 0 Å². The summed E-state index contributed by atoms with van der Waals surface area (Å²) < 4.78 is 7.94. The fourth-order valence-electron chi connectivity index (χ4n) is 4.03. The highest BCUT2D eigenvalue weighted by atomic mass is 16.5. The molecule has 2 unspecified atom stereocenters. The van der Waals surface area contributed by atoms with Gasteiger partial charge in [0, 0.05) is 31.2 Å². The first kappa shape index (κ1) is 14.9. The van der Waals surface area contributed by atoms with Crippen LogP contribution in [-0.4, -0.2) is 39.6 Å². The lowest BCUT2D eigenvalue weighted by Crippen LogP contribution is -2.53. The molecule has 2 aliphatic rings. The molecule has 2 aliphatic heterocycles. The van der Waals surface area contributed by atoms with E-state index in [1.165, 1.54) is 16.7 Å². The Bertz CT molecular complexity index is 915. The minimum atomic E-state index is 0.348. The fourth-order valence-corrected chi connectivity index (χ4v) is 4.03. The number of ether oxygens (including phenoxy) is 1. The molecule has 5 rings (SSSR count).